The highest BCUT2D eigenvalue weighted by molar-refractivity contribution is 7.92. The number of halogens is 2. The van der Waals surface area contributed by atoms with Gasteiger partial charge in [-0.15, -0.1) is 0 Å². The molecule has 0 N–H and O–H groups in total. The van der Waals surface area contributed by atoms with Gasteiger partial charge in [-0.3, -0.25) is 4.31 Å². The number of ether oxygens (including phenoxy) is 1. The summed E-state index contributed by atoms with van der Waals surface area (Å²) in [5.41, 5.74) is 0.900. The largest absolute Gasteiger partial charge is 0.447 e. The number of nitrogens with zero attached hydrogens (tertiary/aromatic N) is 2. The van der Waals surface area contributed by atoms with E-state index < -0.39 is 21.9 Å². The number of rotatable bonds is 4. The number of amides is 1. The van der Waals surface area contributed by atoms with E-state index in [1.54, 1.807) is 30.9 Å². The van der Waals surface area contributed by atoms with E-state index in [9.17, 15) is 22.0 Å². The van der Waals surface area contributed by atoms with E-state index in [2.05, 4.69) is 0 Å². The Morgan fingerprint density at radius 1 is 1.03 bits per heavy atom. The first-order chi connectivity index (χ1) is 15.1. The average molecular weight is 465 g/mol. The van der Waals surface area contributed by atoms with E-state index in [1.807, 2.05) is 12.1 Å². The van der Waals surface area contributed by atoms with Gasteiger partial charge in [0.25, 0.3) is 16.4 Å². The quantitative estimate of drug-likeness (QED) is 0.657. The van der Waals surface area contributed by atoms with Crippen LogP contribution < -0.4 is 4.31 Å². The van der Waals surface area contributed by atoms with Gasteiger partial charge in [-0.1, -0.05) is 30.3 Å². The average Bonchev–Trinajstić information content (AvgIpc) is 3.09. The molecule has 0 aliphatic carbocycles. The van der Waals surface area contributed by atoms with E-state index >= 15 is 0 Å². The summed E-state index contributed by atoms with van der Waals surface area (Å²) in [4.78, 5) is 13.9. The molecule has 0 atom stereocenters. The monoisotopic (exact) mass is 464 g/mol. The van der Waals surface area contributed by atoms with E-state index in [1.165, 1.54) is 16.4 Å². The predicted octanol–water partition coefficient (Wildman–Crippen LogP) is 4.71. The van der Waals surface area contributed by atoms with E-state index in [-0.39, 0.29) is 29.2 Å². The summed E-state index contributed by atoms with van der Waals surface area (Å²) in [5, 5.41) is 0. The molecule has 2 aliphatic rings. The predicted molar refractivity (Wildman–Crippen MR) is 116 cm³/mol. The van der Waals surface area contributed by atoms with Gasteiger partial charge in [0.1, 0.15) is 0 Å². The van der Waals surface area contributed by atoms with Crippen LogP contribution in [0.4, 0.5) is 19.3 Å². The molecule has 6 nitrogen and oxygen atoms in total. The lowest BCUT2D eigenvalue weighted by molar-refractivity contribution is 0.0629. The fourth-order valence-corrected chi connectivity index (χ4v) is 6.10. The van der Waals surface area contributed by atoms with Crippen LogP contribution in [0.3, 0.4) is 0 Å². The lowest BCUT2D eigenvalue weighted by atomic mass is 9.74. The highest BCUT2D eigenvalue weighted by Gasteiger charge is 2.48. The van der Waals surface area contributed by atoms with Gasteiger partial charge in [-0.2, -0.15) is 0 Å². The number of fused-ring (bicyclic) bond motifs is 2. The van der Waals surface area contributed by atoms with Crippen LogP contribution in [0.5, 0.6) is 0 Å². The molecule has 0 aromatic heterocycles. The van der Waals surface area contributed by atoms with Crippen LogP contribution in [-0.4, -0.2) is 45.1 Å². The van der Waals surface area contributed by atoms with Gasteiger partial charge < -0.3 is 9.64 Å². The fourth-order valence-electron chi connectivity index (χ4n) is 4.53. The summed E-state index contributed by atoms with van der Waals surface area (Å²) in [7, 11) is -3.93. The minimum absolute atomic E-state index is 0.0216. The van der Waals surface area contributed by atoms with Crippen molar-refractivity contribution in [2.45, 2.75) is 49.5 Å². The zero-order valence-corrected chi connectivity index (χ0v) is 18.8. The summed E-state index contributed by atoms with van der Waals surface area (Å²) < 4.78 is 59.4. The number of para-hydroxylation sites is 1. The Hall–Kier alpha value is -2.68. The van der Waals surface area contributed by atoms with Gasteiger partial charge in [0.2, 0.25) is 0 Å². The van der Waals surface area contributed by atoms with Gasteiger partial charge in [-0.25, -0.2) is 22.0 Å². The normalized spacial score (nSPS) is 17.8. The molecule has 2 heterocycles. The maximum atomic E-state index is 13.5. The molecular weight excluding hydrogens is 438 g/mol. The van der Waals surface area contributed by atoms with Gasteiger partial charge in [0, 0.05) is 30.6 Å². The molecule has 0 radical (unpaired) electrons. The molecule has 0 unspecified atom stereocenters. The van der Waals surface area contributed by atoms with Crippen molar-refractivity contribution in [1.29, 1.82) is 0 Å². The number of benzene rings is 2. The van der Waals surface area contributed by atoms with Crippen molar-refractivity contribution >= 4 is 21.8 Å². The molecule has 0 saturated carbocycles. The Bertz CT molecular complexity index is 1100. The van der Waals surface area contributed by atoms with Gasteiger partial charge in [-0.05, 0) is 50.5 Å². The number of piperidine rings is 1. The second-order valence-electron chi connectivity index (χ2n) is 8.60. The summed E-state index contributed by atoms with van der Waals surface area (Å²) >= 11 is 0. The third-order valence-corrected chi connectivity index (χ3v) is 8.00. The van der Waals surface area contributed by atoms with E-state index in [0.717, 1.165) is 17.7 Å². The lowest BCUT2D eigenvalue weighted by Gasteiger charge is -2.39. The number of carbonyl (C=O) groups excluding carboxylic acids is 1. The second kappa shape index (κ2) is 8.35. The number of hydrogen-bond acceptors (Lipinski definition) is 4. The van der Waals surface area contributed by atoms with Crippen LogP contribution in [-0.2, 0) is 20.2 Å². The highest BCUT2D eigenvalue weighted by Crippen LogP contribution is 2.48. The number of hydrogen-bond donors (Lipinski definition) is 0. The third kappa shape index (κ3) is 3.94. The molecule has 2 aliphatic heterocycles. The van der Waals surface area contributed by atoms with Crippen LogP contribution >= 0.6 is 0 Å². The molecule has 172 valence electrons. The summed E-state index contributed by atoms with van der Waals surface area (Å²) in [6, 6.07) is 12.1. The number of likely N-dealkylation sites (tertiary alicyclic amines) is 1. The van der Waals surface area contributed by atoms with Gasteiger partial charge >= 0.3 is 6.09 Å². The Morgan fingerprint density at radius 2 is 1.66 bits per heavy atom. The van der Waals surface area contributed by atoms with Crippen LogP contribution in [0, 0.1) is 0 Å². The molecule has 9 heteroatoms. The number of carbonyl (C=O) groups is 1. The second-order valence-corrected chi connectivity index (χ2v) is 10.5. The number of alkyl halides is 2. The molecular formula is C23H26F2N2O4S. The molecule has 0 bridgehead atoms. The smallest absolute Gasteiger partial charge is 0.410 e. The molecule has 4 rings (SSSR count). The molecule has 2 aromatic rings. The Kier molecular flexibility index (Phi) is 5.87. The van der Waals surface area contributed by atoms with Gasteiger partial charge in [0.05, 0.1) is 16.7 Å². The van der Waals surface area contributed by atoms with Crippen molar-refractivity contribution in [3.05, 3.63) is 59.7 Å². The number of anilines is 1. The highest BCUT2D eigenvalue weighted by atomic mass is 32.2. The molecule has 1 spiro atoms. The first-order valence-electron chi connectivity index (χ1n) is 10.6. The van der Waals surface area contributed by atoms with Crippen LogP contribution in [0.15, 0.2) is 53.4 Å². The first-order valence-corrected chi connectivity index (χ1v) is 12.0. The molecule has 1 amide bonds. The summed E-state index contributed by atoms with van der Waals surface area (Å²) in [6.07, 6.45) is -2.01. The molecule has 1 fully saturated rings. The fraction of sp³-hybridized carbons (Fsp3) is 0.435. The minimum atomic E-state index is -3.93. The van der Waals surface area contributed by atoms with Crippen LogP contribution in [0.25, 0.3) is 0 Å². The van der Waals surface area contributed by atoms with Gasteiger partial charge in [0.15, 0.2) is 0 Å². The Morgan fingerprint density at radius 3 is 2.25 bits per heavy atom. The van der Waals surface area contributed by atoms with Crippen molar-refractivity contribution in [2.75, 3.05) is 23.9 Å². The Balaban J connectivity index is 1.61. The molecule has 2 aromatic carbocycles. The Labute approximate surface area is 186 Å². The summed E-state index contributed by atoms with van der Waals surface area (Å²) in [5.74, 6) is 0. The summed E-state index contributed by atoms with van der Waals surface area (Å²) in [6.45, 7) is 4.78. The maximum absolute atomic E-state index is 13.5. The van der Waals surface area contributed by atoms with Crippen molar-refractivity contribution in [3.63, 3.8) is 0 Å². The standard InChI is InChI=1S/C23H26F2N2O4S/c1-16(2)31-22(28)26-13-11-23(12-14-26)15-27(20-6-4-3-5-19(20)23)32(29,30)18-9-7-17(8-10-18)21(24)25/h3-10,16,21H,11-15H2,1-2H3. The number of sulfonamides is 1. The maximum Gasteiger partial charge on any atom is 0.410 e. The van der Waals surface area contributed by atoms with Crippen molar-refractivity contribution in [1.82, 2.24) is 4.90 Å². The third-order valence-electron chi connectivity index (χ3n) is 6.23. The van der Waals surface area contributed by atoms with Crippen molar-refractivity contribution in [3.8, 4) is 0 Å². The first kappa shape index (κ1) is 22.5. The van der Waals surface area contributed by atoms with Crippen LogP contribution in [0.2, 0.25) is 0 Å². The SMILES string of the molecule is CC(C)OC(=O)N1CCC2(CC1)CN(S(=O)(=O)c1ccc(C(F)F)cc1)c1ccccc12. The zero-order valence-electron chi connectivity index (χ0n) is 18.0. The van der Waals surface area contributed by atoms with E-state index in [4.69, 9.17) is 4.74 Å². The van der Waals surface area contributed by atoms with Crippen molar-refractivity contribution < 1.29 is 26.7 Å². The zero-order chi connectivity index (χ0) is 23.1. The minimum Gasteiger partial charge on any atom is -0.447 e. The van der Waals surface area contributed by atoms with Crippen molar-refractivity contribution in [2.24, 2.45) is 0 Å². The topological polar surface area (TPSA) is 66.9 Å². The van der Waals surface area contributed by atoms with Crippen LogP contribution in [0.1, 0.15) is 44.2 Å². The lowest BCUT2D eigenvalue weighted by Crippen LogP contribution is -2.48. The molecule has 1 saturated heterocycles. The van der Waals surface area contributed by atoms with E-state index in [0.29, 0.717) is 31.6 Å². The molecule has 32 heavy (non-hydrogen) atoms.